The van der Waals surface area contributed by atoms with Gasteiger partial charge < -0.3 is 21.3 Å². The minimum atomic E-state index is -0.180. The minimum absolute atomic E-state index is 0.0415. The molecule has 0 atom stereocenters. The molecule has 5 fully saturated rings. The van der Waals surface area contributed by atoms with Crippen LogP contribution in [-0.2, 0) is 0 Å². The summed E-state index contributed by atoms with van der Waals surface area (Å²) in [6.07, 6.45) is 12.5. The maximum atomic E-state index is 12.5. The number of piperidine rings is 1. The fourth-order valence-corrected chi connectivity index (χ4v) is 6.83. The Morgan fingerprint density at radius 1 is 1.03 bits per heavy atom. The molecule has 2 heterocycles. The summed E-state index contributed by atoms with van der Waals surface area (Å²) in [6.45, 7) is 3.46. The molecule has 1 aliphatic heterocycles. The van der Waals surface area contributed by atoms with Gasteiger partial charge in [0, 0.05) is 49.8 Å². The van der Waals surface area contributed by atoms with E-state index in [9.17, 15) is 4.79 Å². The number of nitrogens with zero attached hydrogens (tertiary/aromatic N) is 2. The van der Waals surface area contributed by atoms with E-state index in [0.717, 1.165) is 44.3 Å². The summed E-state index contributed by atoms with van der Waals surface area (Å²) >= 11 is 0. The molecule has 4 N–H and O–H groups in total. The van der Waals surface area contributed by atoms with Gasteiger partial charge >= 0.3 is 6.03 Å². The van der Waals surface area contributed by atoms with Crippen LogP contribution in [0.4, 0.5) is 10.5 Å². The number of pyridine rings is 1. The molecule has 6 heteroatoms. The van der Waals surface area contributed by atoms with Gasteiger partial charge in [0.2, 0.25) is 0 Å². The number of carbonyl (C=O) groups is 1. The van der Waals surface area contributed by atoms with Crippen LogP contribution in [0.15, 0.2) is 24.5 Å². The average Bonchev–Trinajstić information content (AvgIpc) is 2.75. The number of nitrogens with one attached hydrogen (secondary N) is 2. The number of hydrogen-bond acceptors (Lipinski definition) is 4. The van der Waals surface area contributed by atoms with Gasteiger partial charge in [-0.05, 0) is 86.7 Å². The van der Waals surface area contributed by atoms with E-state index in [1.165, 1.54) is 37.8 Å². The molecule has 2 amide bonds. The molecule has 5 aliphatic rings. The third kappa shape index (κ3) is 3.83. The highest BCUT2D eigenvalue weighted by Gasteiger charge is 2.55. The van der Waals surface area contributed by atoms with E-state index in [2.05, 4.69) is 32.7 Å². The lowest BCUT2D eigenvalue weighted by Gasteiger charge is -2.59. The van der Waals surface area contributed by atoms with Crippen molar-refractivity contribution in [3.05, 3.63) is 24.5 Å². The van der Waals surface area contributed by atoms with Crippen molar-refractivity contribution in [2.24, 2.45) is 35.3 Å². The van der Waals surface area contributed by atoms with Gasteiger partial charge in [0.15, 0.2) is 0 Å². The number of aromatic nitrogens is 1. The molecule has 6 rings (SSSR count). The van der Waals surface area contributed by atoms with Crippen LogP contribution in [0, 0.1) is 29.6 Å². The van der Waals surface area contributed by atoms with E-state index >= 15 is 0 Å². The molecule has 4 saturated carbocycles. The molecule has 158 valence electrons. The van der Waals surface area contributed by atoms with Crippen molar-refractivity contribution in [3.8, 4) is 0 Å². The summed E-state index contributed by atoms with van der Waals surface area (Å²) in [6, 6.07) is 4.09. The van der Waals surface area contributed by atoms with E-state index in [-0.39, 0.29) is 11.6 Å². The van der Waals surface area contributed by atoms with Crippen LogP contribution in [0.2, 0.25) is 0 Å². The SMILES string of the molecule is NC1(CNC(=O)NCC2CCN(c3ccncc3)CC2)C2CC3CC(C2)CC1C3. The highest BCUT2D eigenvalue weighted by atomic mass is 16.2. The maximum Gasteiger partial charge on any atom is 0.314 e. The lowest BCUT2D eigenvalue weighted by Crippen LogP contribution is -2.67. The molecule has 0 spiro atoms. The first-order valence-electron chi connectivity index (χ1n) is 11.6. The number of anilines is 1. The molecule has 1 aromatic heterocycles. The van der Waals surface area contributed by atoms with E-state index in [0.29, 0.717) is 24.3 Å². The zero-order valence-corrected chi connectivity index (χ0v) is 17.4. The minimum Gasteiger partial charge on any atom is -0.371 e. The van der Waals surface area contributed by atoms with Gasteiger partial charge in [-0.1, -0.05) is 0 Å². The number of hydrogen-bond donors (Lipinski definition) is 3. The zero-order chi connectivity index (χ0) is 19.8. The molecule has 0 aromatic carbocycles. The summed E-state index contributed by atoms with van der Waals surface area (Å²) in [5, 5.41) is 6.25. The normalized spacial score (nSPS) is 36.2. The maximum absolute atomic E-state index is 12.5. The second kappa shape index (κ2) is 7.78. The molecule has 1 saturated heterocycles. The first-order valence-corrected chi connectivity index (χ1v) is 11.6. The molecular formula is C23H35N5O. The van der Waals surface area contributed by atoms with Crippen LogP contribution in [-0.4, -0.2) is 42.7 Å². The Kier molecular flexibility index (Phi) is 5.14. The first kappa shape index (κ1) is 19.2. The molecule has 6 nitrogen and oxygen atoms in total. The average molecular weight is 398 g/mol. The monoisotopic (exact) mass is 397 g/mol. The largest absolute Gasteiger partial charge is 0.371 e. The third-order valence-electron chi connectivity index (χ3n) is 8.41. The number of rotatable bonds is 5. The molecule has 0 radical (unpaired) electrons. The number of amides is 2. The Morgan fingerprint density at radius 2 is 1.66 bits per heavy atom. The molecule has 1 aromatic rings. The first-order chi connectivity index (χ1) is 14.1. The van der Waals surface area contributed by atoms with Crippen LogP contribution in [0.25, 0.3) is 0 Å². The van der Waals surface area contributed by atoms with Gasteiger partial charge in [-0.3, -0.25) is 4.98 Å². The second-order valence-corrected chi connectivity index (χ2v) is 10.1. The van der Waals surface area contributed by atoms with Crippen LogP contribution in [0.1, 0.15) is 44.9 Å². The summed E-state index contributed by atoms with van der Waals surface area (Å²) in [7, 11) is 0. The van der Waals surface area contributed by atoms with Crippen molar-refractivity contribution < 1.29 is 4.79 Å². The van der Waals surface area contributed by atoms with Crippen LogP contribution in [0.5, 0.6) is 0 Å². The molecular weight excluding hydrogens is 362 g/mol. The number of carbonyl (C=O) groups excluding carboxylic acids is 1. The quantitative estimate of drug-likeness (QED) is 0.713. The predicted octanol–water partition coefficient (Wildman–Crippen LogP) is 2.75. The summed E-state index contributed by atoms with van der Waals surface area (Å²) in [5.74, 6) is 3.57. The highest BCUT2D eigenvalue weighted by Crippen LogP contribution is 2.57. The van der Waals surface area contributed by atoms with Gasteiger partial charge in [-0.15, -0.1) is 0 Å². The Balaban J connectivity index is 1.05. The third-order valence-corrected chi connectivity index (χ3v) is 8.41. The molecule has 0 unspecified atom stereocenters. The Labute approximate surface area is 174 Å². The van der Waals surface area contributed by atoms with Crippen molar-refractivity contribution in [2.45, 2.75) is 50.5 Å². The molecule has 4 aliphatic carbocycles. The Hall–Kier alpha value is -1.82. The standard InChI is InChI=1S/C23H35N5O/c24-23(19-10-17-9-18(12-19)13-20(23)11-17)15-27-22(29)26-14-16-3-7-28(8-4-16)21-1-5-25-6-2-21/h1-2,5-6,16-20H,3-4,7-15,24H2,(H2,26,27,29). The van der Waals surface area contributed by atoms with Gasteiger partial charge in [0.25, 0.3) is 0 Å². The summed E-state index contributed by atoms with van der Waals surface area (Å²) < 4.78 is 0. The van der Waals surface area contributed by atoms with E-state index in [1.54, 1.807) is 0 Å². The lowest BCUT2D eigenvalue weighted by molar-refractivity contribution is -0.0529. The van der Waals surface area contributed by atoms with E-state index < -0.39 is 0 Å². The van der Waals surface area contributed by atoms with Crippen molar-refractivity contribution in [1.82, 2.24) is 15.6 Å². The Morgan fingerprint density at radius 3 is 2.28 bits per heavy atom. The van der Waals surface area contributed by atoms with Crippen molar-refractivity contribution >= 4 is 11.7 Å². The summed E-state index contributed by atoms with van der Waals surface area (Å²) in [4.78, 5) is 19.0. The lowest BCUT2D eigenvalue weighted by atomic mass is 9.49. The van der Waals surface area contributed by atoms with Crippen LogP contribution in [0.3, 0.4) is 0 Å². The zero-order valence-electron chi connectivity index (χ0n) is 17.4. The fourth-order valence-electron chi connectivity index (χ4n) is 6.83. The van der Waals surface area contributed by atoms with Crippen molar-refractivity contribution in [3.63, 3.8) is 0 Å². The second-order valence-electron chi connectivity index (χ2n) is 10.1. The van der Waals surface area contributed by atoms with E-state index in [4.69, 9.17) is 5.73 Å². The van der Waals surface area contributed by atoms with Crippen LogP contribution >= 0.6 is 0 Å². The smallest absolute Gasteiger partial charge is 0.314 e. The van der Waals surface area contributed by atoms with Crippen molar-refractivity contribution in [2.75, 3.05) is 31.1 Å². The number of nitrogens with two attached hydrogens (primary N) is 1. The topological polar surface area (TPSA) is 83.3 Å². The molecule has 29 heavy (non-hydrogen) atoms. The predicted molar refractivity (Wildman–Crippen MR) is 115 cm³/mol. The Bertz CT molecular complexity index is 687. The fraction of sp³-hybridized carbons (Fsp3) is 0.739. The van der Waals surface area contributed by atoms with Gasteiger partial charge in [-0.2, -0.15) is 0 Å². The van der Waals surface area contributed by atoms with Crippen LogP contribution < -0.4 is 21.3 Å². The summed E-state index contributed by atoms with van der Waals surface area (Å²) in [5.41, 5.74) is 7.96. The van der Waals surface area contributed by atoms with Crippen molar-refractivity contribution in [1.29, 1.82) is 0 Å². The van der Waals surface area contributed by atoms with Gasteiger partial charge in [-0.25, -0.2) is 4.79 Å². The van der Waals surface area contributed by atoms with E-state index in [1.807, 2.05) is 12.4 Å². The number of urea groups is 1. The van der Waals surface area contributed by atoms with Gasteiger partial charge in [0.05, 0.1) is 0 Å². The highest BCUT2D eigenvalue weighted by molar-refractivity contribution is 5.74. The molecule has 4 bridgehead atoms. The van der Waals surface area contributed by atoms with Gasteiger partial charge in [0.1, 0.15) is 0 Å².